The maximum atomic E-state index is 12.3. The molecule has 0 aromatic heterocycles. The van der Waals surface area contributed by atoms with Crippen LogP contribution in [0.2, 0.25) is 0 Å². The molecule has 0 saturated heterocycles. The lowest BCUT2D eigenvalue weighted by atomic mass is 9.90. The average molecular weight is 307 g/mol. The second-order valence-electron chi connectivity index (χ2n) is 5.53. The Morgan fingerprint density at radius 1 is 1.00 bits per heavy atom. The number of benzene rings is 2. The third-order valence-electron chi connectivity index (χ3n) is 3.66. The van der Waals surface area contributed by atoms with E-state index in [1.165, 1.54) is 19.1 Å². The summed E-state index contributed by atoms with van der Waals surface area (Å²) < 4.78 is 0. The number of nitrogens with zero attached hydrogens (tertiary/aromatic N) is 1. The van der Waals surface area contributed by atoms with E-state index < -0.39 is 11.4 Å². The van der Waals surface area contributed by atoms with Crippen LogP contribution in [0.1, 0.15) is 46.0 Å². The minimum absolute atomic E-state index is 0.0764. The van der Waals surface area contributed by atoms with Crippen molar-refractivity contribution in [2.45, 2.75) is 25.4 Å². The molecule has 0 spiro atoms. The molecule has 0 fully saturated rings. The molecule has 0 radical (unpaired) electrons. The highest BCUT2D eigenvalue weighted by Crippen LogP contribution is 2.20. The Morgan fingerprint density at radius 2 is 1.52 bits per heavy atom. The number of hydrogen-bond donors (Lipinski definition) is 1. The Bertz CT molecular complexity index is 740. The number of hydrogen-bond acceptors (Lipinski definition) is 4. The minimum Gasteiger partial charge on any atom is -0.382 e. The molecule has 0 saturated carbocycles. The first-order chi connectivity index (χ1) is 11.0. The van der Waals surface area contributed by atoms with Crippen molar-refractivity contribution in [3.05, 3.63) is 71.3 Å². The van der Waals surface area contributed by atoms with Crippen LogP contribution in [0.4, 0.5) is 0 Å². The molecule has 0 amide bonds. The zero-order valence-electron chi connectivity index (χ0n) is 12.8. The van der Waals surface area contributed by atoms with Crippen LogP contribution in [-0.2, 0) is 0 Å². The van der Waals surface area contributed by atoms with E-state index in [4.69, 9.17) is 5.26 Å². The van der Waals surface area contributed by atoms with Crippen molar-refractivity contribution in [1.29, 1.82) is 5.26 Å². The topological polar surface area (TPSA) is 78.2 Å². The van der Waals surface area contributed by atoms with Gasteiger partial charge in [-0.15, -0.1) is 0 Å². The number of ketones is 2. The zero-order valence-corrected chi connectivity index (χ0v) is 12.8. The molecule has 2 aromatic carbocycles. The van der Waals surface area contributed by atoms with Crippen molar-refractivity contribution in [3.63, 3.8) is 0 Å². The Hall–Kier alpha value is -2.77. The van der Waals surface area contributed by atoms with E-state index >= 15 is 0 Å². The van der Waals surface area contributed by atoms with E-state index in [0.29, 0.717) is 16.7 Å². The predicted octanol–water partition coefficient (Wildman–Crippen LogP) is 3.16. The largest absolute Gasteiger partial charge is 0.382 e. The summed E-state index contributed by atoms with van der Waals surface area (Å²) in [5.74, 6) is -0.577. The van der Waals surface area contributed by atoms with Gasteiger partial charge in [-0.25, -0.2) is 0 Å². The predicted molar refractivity (Wildman–Crippen MR) is 86.1 cm³/mol. The molecule has 0 bridgehead atoms. The summed E-state index contributed by atoms with van der Waals surface area (Å²) in [7, 11) is 0. The first-order valence-corrected chi connectivity index (χ1v) is 7.29. The average Bonchev–Trinajstić information content (AvgIpc) is 2.59. The second kappa shape index (κ2) is 6.99. The van der Waals surface area contributed by atoms with Gasteiger partial charge in [-0.1, -0.05) is 54.6 Å². The van der Waals surface area contributed by atoms with E-state index in [0.717, 1.165) is 0 Å². The number of rotatable bonds is 6. The summed E-state index contributed by atoms with van der Waals surface area (Å²) >= 11 is 0. The van der Waals surface area contributed by atoms with Crippen LogP contribution in [0.5, 0.6) is 0 Å². The van der Waals surface area contributed by atoms with Crippen molar-refractivity contribution in [3.8, 4) is 6.07 Å². The first kappa shape index (κ1) is 16.6. The van der Waals surface area contributed by atoms with Gasteiger partial charge in [0.25, 0.3) is 0 Å². The Balaban J connectivity index is 2.18. The van der Waals surface area contributed by atoms with Crippen molar-refractivity contribution >= 4 is 11.6 Å². The smallest absolute Gasteiger partial charge is 0.194 e. The number of nitriles is 1. The molecule has 0 heterocycles. The van der Waals surface area contributed by atoms with Crippen molar-refractivity contribution in [2.24, 2.45) is 0 Å². The quantitative estimate of drug-likeness (QED) is 0.831. The van der Waals surface area contributed by atoms with Gasteiger partial charge in [-0.2, -0.15) is 5.26 Å². The van der Waals surface area contributed by atoms with Crippen LogP contribution in [0.3, 0.4) is 0 Å². The summed E-state index contributed by atoms with van der Waals surface area (Å²) in [4.78, 5) is 24.6. The van der Waals surface area contributed by atoms with E-state index in [9.17, 15) is 14.7 Å². The molecular weight excluding hydrogens is 290 g/mol. The number of carbonyl (C=O) groups excluding carboxylic acids is 2. The molecule has 0 aliphatic heterocycles. The first-order valence-electron chi connectivity index (χ1n) is 7.29. The fourth-order valence-electron chi connectivity index (χ4n) is 2.25. The highest BCUT2D eigenvalue weighted by Gasteiger charge is 2.30. The van der Waals surface area contributed by atoms with Crippen molar-refractivity contribution in [2.75, 3.05) is 0 Å². The summed E-state index contributed by atoms with van der Waals surface area (Å²) in [6.45, 7) is 1.40. The second-order valence-corrected chi connectivity index (χ2v) is 5.53. The molecule has 4 heteroatoms. The Morgan fingerprint density at radius 3 is 2.09 bits per heavy atom. The van der Waals surface area contributed by atoms with Gasteiger partial charge in [0.05, 0.1) is 6.07 Å². The van der Waals surface area contributed by atoms with Gasteiger partial charge in [0.15, 0.2) is 11.6 Å². The van der Waals surface area contributed by atoms with Crippen LogP contribution in [0, 0.1) is 11.3 Å². The molecular formula is C19H17NO3. The molecule has 116 valence electrons. The van der Waals surface area contributed by atoms with Gasteiger partial charge in [-0.05, 0) is 13.3 Å². The van der Waals surface area contributed by atoms with Gasteiger partial charge in [0, 0.05) is 23.1 Å². The highest BCUT2D eigenvalue weighted by molar-refractivity contribution is 6.09. The fraction of sp³-hybridized carbons (Fsp3) is 0.211. The van der Waals surface area contributed by atoms with E-state index in [-0.39, 0.29) is 18.6 Å². The van der Waals surface area contributed by atoms with Gasteiger partial charge in [0.2, 0.25) is 0 Å². The molecule has 2 aromatic rings. The number of carbonyl (C=O) groups is 2. The lowest BCUT2D eigenvalue weighted by molar-refractivity contribution is 0.0374. The third kappa shape index (κ3) is 3.91. The normalized spacial score (nSPS) is 12.9. The summed E-state index contributed by atoms with van der Waals surface area (Å²) in [6, 6.07) is 17.0. The molecule has 4 nitrogen and oxygen atoms in total. The van der Waals surface area contributed by atoms with Gasteiger partial charge in [0.1, 0.15) is 5.60 Å². The maximum Gasteiger partial charge on any atom is 0.194 e. The number of aliphatic hydroxyl groups is 1. The molecule has 1 atom stereocenters. The van der Waals surface area contributed by atoms with E-state index in [2.05, 4.69) is 0 Å². The zero-order chi connectivity index (χ0) is 16.9. The SMILES string of the molecule is CC(O)(CCC#N)C(=O)c1ccc(C(=O)c2ccccc2)cc1. The number of Topliss-reactive ketones (excluding diaryl/α,β-unsaturated/α-hetero) is 1. The third-order valence-corrected chi connectivity index (χ3v) is 3.66. The fourth-order valence-corrected chi connectivity index (χ4v) is 2.25. The van der Waals surface area contributed by atoms with Gasteiger partial charge < -0.3 is 5.11 Å². The van der Waals surface area contributed by atoms with E-state index in [1.54, 1.807) is 36.4 Å². The molecule has 2 rings (SSSR count). The molecule has 0 aliphatic rings. The van der Waals surface area contributed by atoms with Crippen LogP contribution >= 0.6 is 0 Å². The van der Waals surface area contributed by atoms with Crippen molar-refractivity contribution < 1.29 is 14.7 Å². The van der Waals surface area contributed by atoms with E-state index in [1.807, 2.05) is 12.1 Å². The van der Waals surface area contributed by atoms with Crippen LogP contribution in [0.15, 0.2) is 54.6 Å². The van der Waals surface area contributed by atoms with Gasteiger partial charge >= 0.3 is 0 Å². The maximum absolute atomic E-state index is 12.3. The standard InChI is InChI=1S/C19H17NO3/c1-19(23,12-5-13-20)18(22)16-10-8-15(9-11-16)17(21)14-6-3-2-4-7-14/h2-4,6-11,23H,5,12H2,1H3. The Kier molecular flexibility index (Phi) is 5.05. The Labute approximate surface area is 135 Å². The van der Waals surface area contributed by atoms with Gasteiger partial charge in [-0.3, -0.25) is 9.59 Å². The van der Waals surface area contributed by atoms with Crippen LogP contribution in [0.25, 0.3) is 0 Å². The highest BCUT2D eigenvalue weighted by atomic mass is 16.3. The summed E-state index contributed by atoms with van der Waals surface area (Å²) in [6.07, 6.45) is 0.177. The monoisotopic (exact) mass is 307 g/mol. The lowest BCUT2D eigenvalue weighted by Crippen LogP contribution is -2.35. The molecule has 1 N–H and O–H groups in total. The summed E-state index contributed by atoms with van der Waals surface area (Å²) in [5, 5.41) is 18.7. The summed E-state index contributed by atoms with van der Waals surface area (Å²) in [5.41, 5.74) is -0.213. The van der Waals surface area contributed by atoms with Crippen LogP contribution in [-0.4, -0.2) is 22.3 Å². The molecule has 0 aliphatic carbocycles. The minimum atomic E-state index is -1.58. The molecule has 23 heavy (non-hydrogen) atoms. The van der Waals surface area contributed by atoms with Crippen LogP contribution < -0.4 is 0 Å². The molecule has 1 unspecified atom stereocenters. The van der Waals surface area contributed by atoms with Crippen molar-refractivity contribution in [1.82, 2.24) is 0 Å². The lowest BCUT2D eigenvalue weighted by Gasteiger charge is -2.20.